The standard InChI is InChI=1S/C23H37NO/c1-3-23(24)13-12-22(17-23)21-11-10-19-15-18(8-9-20(19)16-21)7-5-4-6-14-25-2/h10-11,16,18,22H,3-9,12-15,17,24H2,1-2H3/t18-,22-,23+/m0/s1. The van der Waals surface area contributed by atoms with Crippen LogP contribution in [-0.2, 0) is 17.6 Å². The number of benzene rings is 1. The first-order valence-electron chi connectivity index (χ1n) is 10.5. The van der Waals surface area contributed by atoms with Gasteiger partial charge in [0.1, 0.15) is 0 Å². The van der Waals surface area contributed by atoms with Crippen molar-refractivity contribution in [1.29, 1.82) is 0 Å². The molecule has 1 saturated carbocycles. The van der Waals surface area contributed by atoms with Gasteiger partial charge >= 0.3 is 0 Å². The zero-order chi connectivity index (χ0) is 17.7. The van der Waals surface area contributed by atoms with E-state index in [-0.39, 0.29) is 5.54 Å². The number of hydrogen-bond donors (Lipinski definition) is 1. The maximum atomic E-state index is 6.51. The molecule has 3 atom stereocenters. The van der Waals surface area contributed by atoms with Crippen LogP contribution in [0.25, 0.3) is 0 Å². The number of fused-ring (bicyclic) bond motifs is 1. The molecule has 2 aliphatic carbocycles. The predicted octanol–water partition coefficient (Wildman–Crippen LogP) is 5.37. The fourth-order valence-electron chi connectivity index (χ4n) is 4.97. The van der Waals surface area contributed by atoms with Gasteiger partial charge in [0.2, 0.25) is 0 Å². The van der Waals surface area contributed by atoms with E-state index in [0.29, 0.717) is 5.92 Å². The van der Waals surface area contributed by atoms with E-state index < -0.39 is 0 Å². The lowest BCUT2D eigenvalue weighted by molar-refractivity contribution is 0.191. The summed E-state index contributed by atoms with van der Waals surface area (Å²) >= 11 is 0. The molecule has 0 aromatic heterocycles. The smallest absolute Gasteiger partial charge is 0.0462 e. The topological polar surface area (TPSA) is 35.2 Å². The van der Waals surface area contributed by atoms with Crippen molar-refractivity contribution in [2.75, 3.05) is 13.7 Å². The second-order valence-electron chi connectivity index (χ2n) is 8.63. The van der Waals surface area contributed by atoms with Crippen molar-refractivity contribution in [2.24, 2.45) is 11.7 Å². The highest BCUT2D eigenvalue weighted by Crippen LogP contribution is 2.42. The summed E-state index contributed by atoms with van der Waals surface area (Å²) in [6.07, 6.45) is 14.0. The number of hydrogen-bond acceptors (Lipinski definition) is 2. The van der Waals surface area contributed by atoms with Crippen molar-refractivity contribution in [1.82, 2.24) is 0 Å². The third kappa shape index (κ3) is 4.86. The number of methoxy groups -OCH3 is 1. The van der Waals surface area contributed by atoms with Crippen LogP contribution >= 0.6 is 0 Å². The molecule has 0 saturated heterocycles. The first-order chi connectivity index (χ1) is 12.1. The fourth-order valence-corrected chi connectivity index (χ4v) is 4.97. The Bertz CT molecular complexity index is 555. The Kier molecular flexibility index (Phi) is 6.57. The van der Waals surface area contributed by atoms with E-state index in [2.05, 4.69) is 25.1 Å². The van der Waals surface area contributed by atoms with Crippen LogP contribution in [0.5, 0.6) is 0 Å². The van der Waals surface area contributed by atoms with Crippen molar-refractivity contribution < 1.29 is 4.74 Å². The minimum atomic E-state index is 0.0917. The van der Waals surface area contributed by atoms with E-state index in [4.69, 9.17) is 10.5 Å². The Morgan fingerprint density at radius 2 is 2.04 bits per heavy atom. The first kappa shape index (κ1) is 18.9. The highest BCUT2D eigenvalue weighted by Gasteiger charge is 2.35. The van der Waals surface area contributed by atoms with E-state index in [9.17, 15) is 0 Å². The largest absolute Gasteiger partial charge is 0.385 e. The molecule has 0 heterocycles. The Hall–Kier alpha value is -0.860. The molecule has 0 bridgehead atoms. The third-order valence-corrected chi connectivity index (χ3v) is 6.84. The summed E-state index contributed by atoms with van der Waals surface area (Å²) in [6, 6.07) is 7.37. The predicted molar refractivity (Wildman–Crippen MR) is 106 cm³/mol. The van der Waals surface area contributed by atoms with Crippen LogP contribution in [0.1, 0.15) is 87.3 Å². The summed E-state index contributed by atoms with van der Waals surface area (Å²) in [5.41, 5.74) is 11.4. The van der Waals surface area contributed by atoms with Gasteiger partial charge in [-0.25, -0.2) is 0 Å². The summed E-state index contributed by atoms with van der Waals surface area (Å²) in [5.74, 6) is 1.58. The number of nitrogens with two attached hydrogens (primary N) is 1. The maximum absolute atomic E-state index is 6.51. The number of aryl methyl sites for hydroxylation is 1. The number of rotatable bonds is 8. The average Bonchev–Trinajstić information content (AvgIpc) is 3.04. The first-order valence-corrected chi connectivity index (χ1v) is 10.5. The lowest BCUT2D eigenvalue weighted by Crippen LogP contribution is -2.35. The van der Waals surface area contributed by atoms with Crippen LogP contribution < -0.4 is 5.73 Å². The van der Waals surface area contributed by atoms with Gasteiger partial charge in [-0.2, -0.15) is 0 Å². The highest BCUT2D eigenvalue weighted by molar-refractivity contribution is 5.36. The molecule has 2 heteroatoms. The van der Waals surface area contributed by atoms with Crippen molar-refractivity contribution in [3.05, 3.63) is 34.9 Å². The molecule has 140 valence electrons. The number of ether oxygens (including phenoxy) is 1. The maximum Gasteiger partial charge on any atom is 0.0462 e. The van der Waals surface area contributed by atoms with Gasteiger partial charge in [-0.05, 0) is 79.9 Å². The van der Waals surface area contributed by atoms with E-state index in [1.165, 1.54) is 64.2 Å². The van der Waals surface area contributed by atoms with Gasteiger partial charge in [0.25, 0.3) is 0 Å². The summed E-state index contributed by atoms with van der Waals surface area (Å²) in [5, 5.41) is 0. The normalized spacial score (nSPS) is 28.9. The highest BCUT2D eigenvalue weighted by atomic mass is 16.5. The zero-order valence-corrected chi connectivity index (χ0v) is 16.4. The molecule has 0 spiro atoms. The molecule has 2 aliphatic rings. The third-order valence-electron chi connectivity index (χ3n) is 6.84. The molecule has 2 N–H and O–H groups in total. The van der Waals surface area contributed by atoms with E-state index in [1.807, 2.05) is 0 Å². The van der Waals surface area contributed by atoms with Crippen LogP contribution in [-0.4, -0.2) is 19.3 Å². The Morgan fingerprint density at radius 3 is 2.80 bits per heavy atom. The van der Waals surface area contributed by atoms with Gasteiger partial charge in [0.05, 0.1) is 0 Å². The minimum Gasteiger partial charge on any atom is -0.385 e. The summed E-state index contributed by atoms with van der Waals surface area (Å²) in [7, 11) is 1.80. The minimum absolute atomic E-state index is 0.0917. The van der Waals surface area contributed by atoms with Gasteiger partial charge in [-0.3, -0.25) is 0 Å². The Morgan fingerprint density at radius 1 is 1.16 bits per heavy atom. The summed E-state index contributed by atoms with van der Waals surface area (Å²) < 4.78 is 5.15. The van der Waals surface area contributed by atoms with Gasteiger partial charge < -0.3 is 10.5 Å². The summed E-state index contributed by atoms with van der Waals surface area (Å²) in [6.45, 7) is 3.16. The Labute approximate surface area is 154 Å². The quantitative estimate of drug-likeness (QED) is 0.644. The average molecular weight is 344 g/mol. The molecule has 1 fully saturated rings. The number of unbranched alkanes of at least 4 members (excludes halogenated alkanes) is 2. The zero-order valence-electron chi connectivity index (χ0n) is 16.4. The molecule has 1 aromatic carbocycles. The van der Waals surface area contributed by atoms with Crippen LogP contribution in [0.3, 0.4) is 0 Å². The van der Waals surface area contributed by atoms with Crippen LogP contribution in [0.2, 0.25) is 0 Å². The van der Waals surface area contributed by atoms with Gasteiger partial charge in [-0.15, -0.1) is 0 Å². The summed E-state index contributed by atoms with van der Waals surface area (Å²) in [4.78, 5) is 0. The monoisotopic (exact) mass is 343 g/mol. The Balaban J connectivity index is 1.53. The van der Waals surface area contributed by atoms with E-state index >= 15 is 0 Å². The van der Waals surface area contributed by atoms with Crippen molar-refractivity contribution >= 4 is 0 Å². The molecular formula is C23H37NO. The molecule has 2 nitrogen and oxygen atoms in total. The van der Waals surface area contributed by atoms with Crippen LogP contribution in [0, 0.1) is 5.92 Å². The second kappa shape index (κ2) is 8.68. The molecule has 0 aliphatic heterocycles. The molecule has 0 unspecified atom stereocenters. The van der Waals surface area contributed by atoms with Crippen molar-refractivity contribution in [2.45, 2.75) is 89.0 Å². The van der Waals surface area contributed by atoms with Crippen molar-refractivity contribution in [3.8, 4) is 0 Å². The van der Waals surface area contributed by atoms with E-state index in [1.54, 1.807) is 23.8 Å². The lowest BCUT2D eigenvalue weighted by atomic mass is 9.79. The molecule has 3 rings (SSSR count). The fraction of sp³-hybridized carbons (Fsp3) is 0.739. The molecule has 25 heavy (non-hydrogen) atoms. The van der Waals surface area contributed by atoms with Crippen LogP contribution in [0.15, 0.2) is 18.2 Å². The molecule has 0 radical (unpaired) electrons. The molecule has 1 aromatic rings. The van der Waals surface area contributed by atoms with Crippen molar-refractivity contribution in [3.63, 3.8) is 0 Å². The van der Waals surface area contributed by atoms with Gasteiger partial charge in [0.15, 0.2) is 0 Å². The van der Waals surface area contributed by atoms with Gasteiger partial charge in [-0.1, -0.05) is 44.4 Å². The SMILES string of the molecule is CC[C@@]1(N)CC[C@H](c2ccc3c(c2)CC[C@H](CCCCCOC)C3)C1. The molecular weight excluding hydrogens is 306 g/mol. The lowest BCUT2D eigenvalue weighted by Gasteiger charge is -2.26. The van der Waals surface area contributed by atoms with Gasteiger partial charge in [0, 0.05) is 19.3 Å². The second-order valence-corrected chi connectivity index (χ2v) is 8.63. The van der Waals surface area contributed by atoms with Crippen LogP contribution in [0.4, 0.5) is 0 Å². The van der Waals surface area contributed by atoms with E-state index in [0.717, 1.165) is 18.9 Å². The molecule has 0 amide bonds.